The van der Waals surface area contributed by atoms with E-state index in [9.17, 15) is 0 Å². The average molecular weight is 268 g/mol. The molecule has 0 aromatic heterocycles. The second kappa shape index (κ2) is 8.51. The van der Waals surface area contributed by atoms with Crippen LogP contribution in [-0.2, 0) is 12.8 Å². The van der Waals surface area contributed by atoms with Gasteiger partial charge in [-0.2, -0.15) is 0 Å². The van der Waals surface area contributed by atoms with Gasteiger partial charge in [0, 0.05) is 19.8 Å². The zero-order valence-corrected chi connectivity index (χ0v) is 12.3. The minimum absolute atomic E-state index is 0.944. The first-order valence-electron chi connectivity index (χ1n) is 7.32. The van der Waals surface area contributed by atoms with Gasteiger partial charge in [0.15, 0.2) is 0 Å². The van der Waals surface area contributed by atoms with Crippen LogP contribution in [0.5, 0.6) is 0 Å². The molecule has 0 aliphatic carbocycles. The summed E-state index contributed by atoms with van der Waals surface area (Å²) in [6.07, 6.45) is 2.20. The van der Waals surface area contributed by atoms with Gasteiger partial charge < -0.3 is 5.32 Å². The average Bonchev–Trinajstić information content (AvgIpc) is 2.52. The van der Waals surface area contributed by atoms with E-state index in [2.05, 4.69) is 77.9 Å². The Morgan fingerprint density at radius 1 is 0.800 bits per heavy atom. The smallest absolute Gasteiger partial charge is 0.0477 e. The van der Waals surface area contributed by atoms with Crippen molar-refractivity contribution in [2.24, 2.45) is 0 Å². The Bertz CT molecular complexity index is 467. The molecular weight excluding hydrogens is 244 g/mol. The van der Waals surface area contributed by atoms with Gasteiger partial charge in [-0.3, -0.25) is 4.90 Å². The zero-order chi connectivity index (χ0) is 14.0. The van der Waals surface area contributed by atoms with Crippen LogP contribution >= 0.6 is 0 Å². The molecule has 0 saturated heterocycles. The van der Waals surface area contributed by atoms with E-state index in [4.69, 9.17) is 0 Å². The lowest BCUT2D eigenvalue weighted by atomic mass is 10.1. The van der Waals surface area contributed by atoms with Crippen LogP contribution in [0.4, 0.5) is 0 Å². The van der Waals surface area contributed by atoms with Crippen molar-refractivity contribution in [3.63, 3.8) is 0 Å². The molecular formula is C18H24N2. The molecule has 20 heavy (non-hydrogen) atoms. The van der Waals surface area contributed by atoms with Crippen molar-refractivity contribution in [3.8, 4) is 0 Å². The maximum absolute atomic E-state index is 3.50. The molecule has 0 aliphatic heterocycles. The number of hydrogen-bond donors (Lipinski definition) is 1. The molecule has 0 saturated carbocycles. The molecule has 0 fully saturated rings. The summed E-state index contributed by atoms with van der Waals surface area (Å²) >= 11 is 0. The van der Waals surface area contributed by atoms with Crippen molar-refractivity contribution < 1.29 is 0 Å². The van der Waals surface area contributed by atoms with E-state index >= 15 is 0 Å². The van der Waals surface area contributed by atoms with Gasteiger partial charge in [0.2, 0.25) is 0 Å². The quantitative estimate of drug-likeness (QED) is 0.585. The molecule has 0 bridgehead atoms. The van der Waals surface area contributed by atoms with Gasteiger partial charge in [0.1, 0.15) is 0 Å². The highest BCUT2D eigenvalue weighted by Crippen LogP contribution is 2.00. The fraction of sp³-hybridized carbons (Fsp3) is 0.333. The third-order valence-electron chi connectivity index (χ3n) is 3.44. The summed E-state index contributed by atoms with van der Waals surface area (Å²) in [6.45, 7) is 3.06. The monoisotopic (exact) mass is 268 g/mol. The lowest BCUT2D eigenvalue weighted by molar-refractivity contribution is 0.311. The zero-order valence-electron chi connectivity index (χ0n) is 12.3. The van der Waals surface area contributed by atoms with Crippen molar-refractivity contribution in [3.05, 3.63) is 71.8 Å². The van der Waals surface area contributed by atoms with Gasteiger partial charge in [-0.1, -0.05) is 60.7 Å². The standard InChI is InChI=1S/C18H24N2/c1-20(15-13-18-10-6-3-7-11-18)16-19-14-12-17-8-4-2-5-9-17/h2-11,19H,12-16H2,1H3. The Morgan fingerprint density at radius 3 is 1.95 bits per heavy atom. The Hall–Kier alpha value is -1.64. The van der Waals surface area contributed by atoms with Crippen LogP contribution < -0.4 is 5.32 Å². The normalized spacial score (nSPS) is 10.9. The van der Waals surface area contributed by atoms with Gasteiger partial charge >= 0.3 is 0 Å². The van der Waals surface area contributed by atoms with E-state index in [0.29, 0.717) is 0 Å². The summed E-state index contributed by atoms with van der Waals surface area (Å²) in [4.78, 5) is 2.33. The molecule has 0 atom stereocenters. The fourth-order valence-corrected chi connectivity index (χ4v) is 2.19. The predicted molar refractivity (Wildman–Crippen MR) is 85.8 cm³/mol. The van der Waals surface area contributed by atoms with E-state index in [1.54, 1.807) is 0 Å². The molecule has 0 amide bonds. The molecule has 2 aromatic carbocycles. The summed E-state index contributed by atoms with van der Waals surface area (Å²) in [7, 11) is 2.17. The second-order valence-corrected chi connectivity index (χ2v) is 5.21. The van der Waals surface area contributed by atoms with Crippen molar-refractivity contribution in [2.45, 2.75) is 12.8 Å². The van der Waals surface area contributed by atoms with Crippen LogP contribution in [0.25, 0.3) is 0 Å². The van der Waals surface area contributed by atoms with Crippen LogP contribution in [0, 0.1) is 0 Å². The summed E-state index contributed by atoms with van der Waals surface area (Å²) in [5, 5.41) is 3.50. The molecule has 0 spiro atoms. The van der Waals surface area contributed by atoms with Crippen LogP contribution in [0.2, 0.25) is 0 Å². The molecule has 0 radical (unpaired) electrons. The molecule has 0 aliphatic rings. The van der Waals surface area contributed by atoms with Crippen molar-refractivity contribution in [1.82, 2.24) is 10.2 Å². The second-order valence-electron chi connectivity index (χ2n) is 5.21. The number of rotatable bonds is 8. The first kappa shape index (κ1) is 14.8. The van der Waals surface area contributed by atoms with Gasteiger partial charge in [-0.15, -0.1) is 0 Å². The van der Waals surface area contributed by atoms with E-state index in [-0.39, 0.29) is 0 Å². The maximum atomic E-state index is 3.50. The largest absolute Gasteiger partial charge is 0.304 e. The van der Waals surface area contributed by atoms with E-state index in [1.165, 1.54) is 11.1 Å². The van der Waals surface area contributed by atoms with Crippen molar-refractivity contribution >= 4 is 0 Å². The van der Waals surface area contributed by atoms with Crippen LogP contribution in [0.15, 0.2) is 60.7 Å². The van der Waals surface area contributed by atoms with Gasteiger partial charge in [-0.05, 0) is 31.0 Å². The molecule has 2 rings (SSSR count). The number of nitrogens with one attached hydrogen (secondary N) is 1. The minimum atomic E-state index is 0.944. The molecule has 2 nitrogen and oxygen atoms in total. The minimum Gasteiger partial charge on any atom is -0.304 e. The maximum Gasteiger partial charge on any atom is 0.0477 e. The molecule has 0 unspecified atom stereocenters. The van der Waals surface area contributed by atoms with E-state index < -0.39 is 0 Å². The molecule has 0 heterocycles. The summed E-state index contributed by atoms with van der Waals surface area (Å²) in [6, 6.07) is 21.3. The Morgan fingerprint density at radius 2 is 1.35 bits per heavy atom. The number of benzene rings is 2. The van der Waals surface area contributed by atoms with Crippen LogP contribution in [-0.4, -0.2) is 31.7 Å². The van der Waals surface area contributed by atoms with Crippen LogP contribution in [0.1, 0.15) is 11.1 Å². The third-order valence-corrected chi connectivity index (χ3v) is 3.44. The Balaban J connectivity index is 1.57. The van der Waals surface area contributed by atoms with Crippen molar-refractivity contribution in [1.29, 1.82) is 0 Å². The fourth-order valence-electron chi connectivity index (χ4n) is 2.19. The molecule has 2 aromatic rings. The van der Waals surface area contributed by atoms with Crippen molar-refractivity contribution in [2.75, 3.05) is 26.8 Å². The molecule has 1 N–H and O–H groups in total. The van der Waals surface area contributed by atoms with Gasteiger partial charge in [-0.25, -0.2) is 0 Å². The molecule has 2 heteroatoms. The highest BCUT2D eigenvalue weighted by atomic mass is 15.2. The Labute approximate surface area is 122 Å². The van der Waals surface area contributed by atoms with E-state index in [1.807, 2.05) is 0 Å². The predicted octanol–water partition coefficient (Wildman–Crippen LogP) is 2.95. The van der Waals surface area contributed by atoms with Gasteiger partial charge in [0.25, 0.3) is 0 Å². The first-order valence-corrected chi connectivity index (χ1v) is 7.32. The van der Waals surface area contributed by atoms with Gasteiger partial charge in [0.05, 0.1) is 0 Å². The Kier molecular flexibility index (Phi) is 6.28. The number of nitrogens with zero attached hydrogens (tertiary/aromatic N) is 1. The van der Waals surface area contributed by atoms with Crippen LogP contribution in [0.3, 0.4) is 0 Å². The topological polar surface area (TPSA) is 15.3 Å². The third kappa shape index (κ3) is 5.55. The highest BCUT2D eigenvalue weighted by molar-refractivity contribution is 5.15. The number of likely N-dealkylation sites (N-methyl/N-ethyl adjacent to an activating group) is 1. The first-order chi connectivity index (χ1) is 9.84. The lowest BCUT2D eigenvalue weighted by Gasteiger charge is -2.17. The molecule has 106 valence electrons. The summed E-state index contributed by atoms with van der Waals surface area (Å²) < 4.78 is 0. The lowest BCUT2D eigenvalue weighted by Crippen LogP contribution is -2.33. The summed E-state index contributed by atoms with van der Waals surface area (Å²) in [5.41, 5.74) is 2.80. The summed E-state index contributed by atoms with van der Waals surface area (Å²) in [5.74, 6) is 0. The van der Waals surface area contributed by atoms with E-state index in [0.717, 1.165) is 32.6 Å². The number of hydrogen-bond acceptors (Lipinski definition) is 2. The SMILES string of the molecule is CN(CCc1ccccc1)CNCCc1ccccc1. The highest BCUT2D eigenvalue weighted by Gasteiger charge is 1.99.